The molecule has 1 aromatic rings. The van der Waals surface area contributed by atoms with E-state index in [1.807, 2.05) is 0 Å². The maximum absolute atomic E-state index is 12.0. The summed E-state index contributed by atoms with van der Waals surface area (Å²) in [6.07, 6.45) is 1.29. The number of carboxylic acid groups (broad SMARTS) is 1. The number of halogens is 2. The molecule has 0 aliphatic rings. The fraction of sp³-hybridized carbons (Fsp3) is 0.467. The van der Waals surface area contributed by atoms with Crippen molar-refractivity contribution in [3.8, 4) is 0 Å². The summed E-state index contributed by atoms with van der Waals surface area (Å²) in [5, 5.41) is 12.9. The molecule has 0 spiro atoms. The molecular formula is C15H19Cl2NO3. The summed E-state index contributed by atoms with van der Waals surface area (Å²) >= 11 is 11.9. The summed E-state index contributed by atoms with van der Waals surface area (Å²) in [5.41, 5.74) is -0.383. The van der Waals surface area contributed by atoms with Crippen LogP contribution in [-0.4, -0.2) is 22.5 Å². The molecular weight excluding hydrogens is 313 g/mol. The SMILES string of the molecule is CCC(CC)(NC(=O)CCc1ccc(Cl)cc1Cl)C(=O)O. The van der Waals surface area contributed by atoms with E-state index in [-0.39, 0.29) is 12.3 Å². The number of hydrogen-bond donors (Lipinski definition) is 2. The van der Waals surface area contributed by atoms with Gasteiger partial charge in [0.1, 0.15) is 5.54 Å². The predicted octanol–water partition coefficient (Wildman–Crippen LogP) is 3.69. The number of aliphatic carboxylic acids is 1. The Bertz CT molecular complexity index is 528. The number of nitrogens with one attached hydrogen (secondary N) is 1. The monoisotopic (exact) mass is 331 g/mol. The Labute approximate surface area is 134 Å². The highest BCUT2D eigenvalue weighted by molar-refractivity contribution is 6.35. The highest BCUT2D eigenvalue weighted by Crippen LogP contribution is 2.22. The number of carbonyl (C=O) groups excluding carboxylic acids is 1. The van der Waals surface area contributed by atoms with Gasteiger partial charge >= 0.3 is 5.97 Å². The van der Waals surface area contributed by atoms with Crippen molar-refractivity contribution in [1.82, 2.24) is 5.32 Å². The van der Waals surface area contributed by atoms with Crippen molar-refractivity contribution in [1.29, 1.82) is 0 Å². The molecule has 1 amide bonds. The summed E-state index contributed by atoms with van der Waals surface area (Å²) in [6, 6.07) is 5.10. The van der Waals surface area contributed by atoms with Crippen molar-refractivity contribution in [2.45, 2.75) is 45.1 Å². The quantitative estimate of drug-likeness (QED) is 0.800. The first-order valence-corrected chi connectivity index (χ1v) is 7.58. The van der Waals surface area contributed by atoms with E-state index in [1.165, 1.54) is 0 Å². The summed E-state index contributed by atoms with van der Waals surface area (Å²) in [5.74, 6) is -1.31. The lowest BCUT2D eigenvalue weighted by molar-refractivity contribution is -0.148. The standard InChI is InChI=1S/C15H19Cl2NO3/c1-3-15(4-2,14(20)21)18-13(19)8-6-10-5-7-11(16)9-12(10)17/h5,7,9H,3-4,6,8H2,1-2H3,(H,18,19)(H,20,21). The molecule has 0 unspecified atom stereocenters. The van der Waals surface area contributed by atoms with Crippen molar-refractivity contribution in [2.75, 3.05) is 0 Å². The number of aryl methyl sites for hydroxylation is 1. The second-order valence-corrected chi connectivity index (χ2v) is 5.72. The molecule has 2 N–H and O–H groups in total. The summed E-state index contributed by atoms with van der Waals surface area (Å²) < 4.78 is 0. The van der Waals surface area contributed by atoms with Gasteiger partial charge in [-0.3, -0.25) is 4.79 Å². The zero-order valence-corrected chi connectivity index (χ0v) is 13.6. The van der Waals surface area contributed by atoms with Gasteiger partial charge in [0.05, 0.1) is 0 Å². The highest BCUT2D eigenvalue weighted by Gasteiger charge is 2.36. The molecule has 0 saturated carbocycles. The Morgan fingerprint density at radius 3 is 2.33 bits per heavy atom. The number of hydrogen-bond acceptors (Lipinski definition) is 2. The topological polar surface area (TPSA) is 66.4 Å². The second kappa shape index (κ2) is 7.66. The minimum atomic E-state index is -1.19. The van der Waals surface area contributed by atoms with Crippen molar-refractivity contribution in [3.63, 3.8) is 0 Å². The third-order valence-electron chi connectivity index (χ3n) is 3.63. The number of rotatable bonds is 7. The van der Waals surface area contributed by atoms with Gasteiger partial charge in [0, 0.05) is 16.5 Å². The molecule has 0 fully saturated rings. The van der Waals surface area contributed by atoms with Crippen LogP contribution < -0.4 is 5.32 Å². The number of carbonyl (C=O) groups is 2. The molecule has 0 radical (unpaired) electrons. The fourth-order valence-corrected chi connectivity index (χ4v) is 2.59. The van der Waals surface area contributed by atoms with Gasteiger partial charge in [-0.25, -0.2) is 4.79 Å². The molecule has 6 heteroatoms. The summed E-state index contributed by atoms with van der Waals surface area (Å²) in [7, 11) is 0. The van der Waals surface area contributed by atoms with E-state index in [1.54, 1.807) is 32.0 Å². The lowest BCUT2D eigenvalue weighted by Crippen LogP contribution is -2.53. The Kier molecular flexibility index (Phi) is 6.49. The third kappa shape index (κ3) is 4.61. The van der Waals surface area contributed by atoms with Crippen molar-refractivity contribution in [3.05, 3.63) is 33.8 Å². The molecule has 1 rings (SSSR count). The smallest absolute Gasteiger partial charge is 0.329 e. The van der Waals surface area contributed by atoms with E-state index in [2.05, 4.69) is 5.32 Å². The zero-order chi connectivity index (χ0) is 16.0. The molecule has 4 nitrogen and oxygen atoms in total. The lowest BCUT2D eigenvalue weighted by atomic mass is 9.92. The molecule has 0 aliphatic heterocycles. The third-order valence-corrected chi connectivity index (χ3v) is 4.22. The molecule has 0 heterocycles. The van der Waals surface area contributed by atoms with Crippen LogP contribution in [0, 0.1) is 0 Å². The summed E-state index contributed by atoms with van der Waals surface area (Å²) in [4.78, 5) is 23.3. The predicted molar refractivity (Wildman–Crippen MR) is 83.9 cm³/mol. The average Bonchev–Trinajstić information content (AvgIpc) is 2.43. The molecule has 0 bridgehead atoms. The lowest BCUT2D eigenvalue weighted by Gasteiger charge is -2.28. The van der Waals surface area contributed by atoms with Gasteiger partial charge < -0.3 is 10.4 Å². The molecule has 21 heavy (non-hydrogen) atoms. The van der Waals surface area contributed by atoms with Crippen LogP contribution in [0.15, 0.2) is 18.2 Å². The number of carboxylic acids is 1. The van der Waals surface area contributed by atoms with Crippen LogP contribution in [0.4, 0.5) is 0 Å². The van der Waals surface area contributed by atoms with Gasteiger partial charge in [0.2, 0.25) is 5.91 Å². The largest absolute Gasteiger partial charge is 0.480 e. The van der Waals surface area contributed by atoms with Crippen LogP contribution in [0.3, 0.4) is 0 Å². The molecule has 0 aromatic heterocycles. The van der Waals surface area contributed by atoms with E-state index in [0.29, 0.717) is 29.3 Å². The molecule has 0 atom stereocenters. The minimum Gasteiger partial charge on any atom is -0.480 e. The van der Waals surface area contributed by atoms with Gasteiger partial charge in [0.15, 0.2) is 0 Å². The van der Waals surface area contributed by atoms with Crippen LogP contribution >= 0.6 is 23.2 Å². The van der Waals surface area contributed by atoms with Crippen LogP contribution in [0.5, 0.6) is 0 Å². The van der Waals surface area contributed by atoms with Crippen LogP contribution in [-0.2, 0) is 16.0 Å². The Morgan fingerprint density at radius 2 is 1.86 bits per heavy atom. The van der Waals surface area contributed by atoms with Crippen LogP contribution in [0.1, 0.15) is 38.7 Å². The normalized spacial score (nSPS) is 11.2. The van der Waals surface area contributed by atoms with Crippen molar-refractivity contribution in [2.24, 2.45) is 0 Å². The van der Waals surface area contributed by atoms with Crippen molar-refractivity contribution < 1.29 is 14.7 Å². The van der Waals surface area contributed by atoms with Gasteiger partial charge in [-0.05, 0) is 37.0 Å². The van der Waals surface area contributed by atoms with E-state index >= 15 is 0 Å². The first kappa shape index (κ1) is 17.8. The zero-order valence-electron chi connectivity index (χ0n) is 12.1. The number of benzene rings is 1. The maximum Gasteiger partial charge on any atom is 0.329 e. The molecule has 116 valence electrons. The van der Waals surface area contributed by atoms with Crippen LogP contribution in [0.25, 0.3) is 0 Å². The molecule has 0 saturated heterocycles. The van der Waals surface area contributed by atoms with E-state index in [9.17, 15) is 14.7 Å². The Morgan fingerprint density at radius 1 is 1.24 bits per heavy atom. The second-order valence-electron chi connectivity index (χ2n) is 4.88. The summed E-state index contributed by atoms with van der Waals surface area (Å²) in [6.45, 7) is 3.49. The first-order chi connectivity index (χ1) is 9.84. The Balaban J connectivity index is 2.67. The van der Waals surface area contributed by atoms with Crippen molar-refractivity contribution >= 4 is 35.1 Å². The number of amides is 1. The molecule has 0 aliphatic carbocycles. The van der Waals surface area contributed by atoms with Gasteiger partial charge in [-0.1, -0.05) is 43.1 Å². The molecule has 1 aromatic carbocycles. The van der Waals surface area contributed by atoms with E-state index in [4.69, 9.17) is 23.2 Å². The Hall–Kier alpha value is -1.26. The fourth-order valence-electron chi connectivity index (χ4n) is 2.08. The van der Waals surface area contributed by atoms with E-state index in [0.717, 1.165) is 5.56 Å². The first-order valence-electron chi connectivity index (χ1n) is 6.83. The van der Waals surface area contributed by atoms with E-state index < -0.39 is 11.5 Å². The highest BCUT2D eigenvalue weighted by atomic mass is 35.5. The van der Waals surface area contributed by atoms with Gasteiger partial charge in [-0.15, -0.1) is 0 Å². The van der Waals surface area contributed by atoms with Crippen LogP contribution in [0.2, 0.25) is 10.0 Å². The van der Waals surface area contributed by atoms with Gasteiger partial charge in [-0.2, -0.15) is 0 Å². The average molecular weight is 332 g/mol. The minimum absolute atomic E-state index is 0.177. The maximum atomic E-state index is 12.0. The van der Waals surface area contributed by atoms with Gasteiger partial charge in [0.25, 0.3) is 0 Å².